The zero-order valence-corrected chi connectivity index (χ0v) is 20.0. The molecule has 1 aliphatic rings. The third kappa shape index (κ3) is 6.22. The van der Waals surface area contributed by atoms with Gasteiger partial charge in [-0.25, -0.2) is 14.8 Å². The quantitative estimate of drug-likeness (QED) is 0.450. The Morgan fingerprint density at radius 2 is 2.03 bits per heavy atom. The van der Waals surface area contributed by atoms with Crippen LogP contribution in [0.2, 0.25) is 0 Å². The largest absolute Gasteiger partial charge is 0.444 e. The van der Waals surface area contributed by atoms with E-state index in [1.54, 1.807) is 22.7 Å². The van der Waals surface area contributed by atoms with Gasteiger partial charge in [0.05, 0.1) is 25.0 Å². The summed E-state index contributed by atoms with van der Waals surface area (Å²) in [4.78, 5) is 35.2. The molecule has 1 atom stereocenters. The summed E-state index contributed by atoms with van der Waals surface area (Å²) < 4.78 is 7.01. The molecule has 3 heterocycles. The molecule has 3 rings (SSSR count). The van der Waals surface area contributed by atoms with E-state index in [1.807, 2.05) is 20.8 Å². The normalized spacial score (nSPS) is 15.8. The summed E-state index contributed by atoms with van der Waals surface area (Å²) in [6.07, 6.45) is 3.52. The first kappa shape index (κ1) is 25.0. The van der Waals surface area contributed by atoms with Crippen LogP contribution in [0.5, 0.6) is 0 Å². The predicted octanol–water partition coefficient (Wildman–Crippen LogP) is 1.96. The number of aliphatic hydroxyl groups excluding tert-OH is 1. The van der Waals surface area contributed by atoms with Crippen molar-refractivity contribution in [3.63, 3.8) is 0 Å². The number of amides is 2. The molecule has 0 saturated carbocycles. The summed E-state index contributed by atoms with van der Waals surface area (Å²) in [5.74, 6) is -0.173. The summed E-state index contributed by atoms with van der Waals surface area (Å²) in [5.41, 5.74) is 6.51. The molecule has 2 aromatic rings. The Hall–Kier alpha value is -3.67. The number of rotatable bonds is 8. The molecule has 0 radical (unpaired) electrons. The highest BCUT2D eigenvalue weighted by molar-refractivity contribution is 5.97. The van der Waals surface area contributed by atoms with Crippen molar-refractivity contribution >= 4 is 34.9 Å². The number of nitrogens with one attached hydrogen (secondary N) is 2. The summed E-state index contributed by atoms with van der Waals surface area (Å²) in [7, 11) is 0. The number of anilines is 3. The second kappa shape index (κ2) is 10.1. The van der Waals surface area contributed by atoms with Crippen molar-refractivity contribution in [1.29, 1.82) is 0 Å². The highest BCUT2D eigenvalue weighted by Crippen LogP contribution is 2.27. The van der Waals surface area contributed by atoms with Gasteiger partial charge in [0.25, 0.3) is 5.91 Å². The molecule has 1 fully saturated rings. The molecule has 0 spiro atoms. The summed E-state index contributed by atoms with van der Waals surface area (Å²) >= 11 is 0. The fraction of sp³-hybridized carbons (Fsp3) is 0.500. The van der Waals surface area contributed by atoms with Crippen molar-refractivity contribution in [3.05, 3.63) is 30.4 Å². The molecular weight excluding hydrogens is 440 g/mol. The number of aliphatic hydroxyl groups is 1. The first-order valence-electron chi connectivity index (χ1n) is 11.0. The molecule has 12 heteroatoms. The second-order valence-corrected chi connectivity index (χ2v) is 9.16. The highest BCUT2D eigenvalue weighted by Gasteiger charge is 2.31. The zero-order valence-electron chi connectivity index (χ0n) is 20.0. The fourth-order valence-electron chi connectivity index (χ4n) is 3.45. The van der Waals surface area contributed by atoms with Crippen molar-refractivity contribution in [2.75, 3.05) is 30.3 Å². The van der Waals surface area contributed by atoms with Crippen LogP contribution in [0.25, 0.3) is 5.57 Å². The van der Waals surface area contributed by atoms with Crippen molar-refractivity contribution in [2.24, 2.45) is 5.73 Å². The van der Waals surface area contributed by atoms with Crippen LogP contribution >= 0.6 is 0 Å². The third-order valence-corrected chi connectivity index (χ3v) is 4.94. The van der Waals surface area contributed by atoms with Crippen LogP contribution in [0.3, 0.4) is 0 Å². The molecule has 0 aromatic carbocycles. The molecule has 184 valence electrons. The van der Waals surface area contributed by atoms with Gasteiger partial charge in [-0.15, -0.1) is 0 Å². The van der Waals surface area contributed by atoms with Gasteiger partial charge in [-0.05, 0) is 39.7 Å². The number of allylic oxidation sites excluding steroid dienone is 1. The number of hydrogen-bond donors (Lipinski definition) is 4. The minimum Gasteiger partial charge on any atom is -0.444 e. The number of likely N-dealkylation sites (tertiary alicyclic amines) is 1. The maximum absolute atomic E-state index is 12.4. The van der Waals surface area contributed by atoms with Crippen molar-refractivity contribution in [2.45, 2.75) is 52.3 Å². The average molecular weight is 473 g/mol. The maximum Gasteiger partial charge on any atom is 0.410 e. The Kier molecular flexibility index (Phi) is 7.40. The van der Waals surface area contributed by atoms with Gasteiger partial charge in [-0.2, -0.15) is 5.10 Å². The van der Waals surface area contributed by atoms with Crippen molar-refractivity contribution in [1.82, 2.24) is 24.6 Å². The molecule has 1 aliphatic heterocycles. The summed E-state index contributed by atoms with van der Waals surface area (Å²) in [6.45, 7) is 12.4. The van der Waals surface area contributed by atoms with Gasteiger partial charge in [0.1, 0.15) is 11.3 Å². The average Bonchev–Trinajstić information content (AvgIpc) is 3.36. The van der Waals surface area contributed by atoms with E-state index >= 15 is 0 Å². The smallest absolute Gasteiger partial charge is 0.410 e. The number of ether oxygens (including phenoxy) is 1. The number of primary amides is 1. The maximum atomic E-state index is 12.4. The lowest BCUT2D eigenvalue weighted by molar-refractivity contribution is 0.0293. The number of nitrogens with two attached hydrogens (primary N) is 1. The van der Waals surface area contributed by atoms with Gasteiger partial charge in [0.15, 0.2) is 17.3 Å². The Balaban J connectivity index is 1.84. The monoisotopic (exact) mass is 472 g/mol. The van der Waals surface area contributed by atoms with Gasteiger partial charge in [0, 0.05) is 25.3 Å². The Morgan fingerprint density at radius 3 is 2.65 bits per heavy atom. The van der Waals surface area contributed by atoms with Crippen molar-refractivity contribution in [3.8, 4) is 0 Å². The van der Waals surface area contributed by atoms with Crippen LogP contribution < -0.4 is 16.4 Å². The number of aromatic nitrogens is 4. The first-order chi connectivity index (χ1) is 16.0. The van der Waals surface area contributed by atoms with Crippen LogP contribution in [0, 0.1) is 0 Å². The molecule has 0 aliphatic carbocycles. The topological polar surface area (TPSA) is 161 Å². The Labute approximate surface area is 198 Å². The number of carbonyl (C=O) groups excluding carboxylic acids is 2. The number of hydrogen-bond acceptors (Lipinski definition) is 9. The molecule has 0 bridgehead atoms. The van der Waals surface area contributed by atoms with Crippen molar-refractivity contribution < 1.29 is 19.4 Å². The predicted molar refractivity (Wildman–Crippen MR) is 128 cm³/mol. The molecule has 5 N–H and O–H groups in total. The van der Waals surface area contributed by atoms with Gasteiger partial charge >= 0.3 is 6.09 Å². The van der Waals surface area contributed by atoms with Gasteiger partial charge in [-0.1, -0.05) is 6.58 Å². The van der Waals surface area contributed by atoms with Gasteiger partial charge in [0.2, 0.25) is 0 Å². The van der Waals surface area contributed by atoms with Crippen LogP contribution in [-0.4, -0.2) is 73.1 Å². The van der Waals surface area contributed by atoms with Crippen LogP contribution in [0.1, 0.15) is 50.3 Å². The van der Waals surface area contributed by atoms with Crippen LogP contribution in [-0.2, 0) is 11.3 Å². The van der Waals surface area contributed by atoms with E-state index < -0.39 is 11.5 Å². The van der Waals surface area contributed by atoms with Crippen LogP contribution in [0.4, 0.5) is 22.1 Å². The highest BCUT2D eigenvalue weighted by atomic mass is 16.6. The molecule has 12 nitrogen and oxygen atoms in total. The second-order valence-electron chi connectivity index (χ2n) is 9.16. The van der Waals surface area contributed by atoms with Gasteiger partial charge < -0.3 is 31.1 Å². The number of carbonyl (C=O) groups is 2. The van der Waals surface area contributed by atoms with E-state index in [0.717, 1.165) is 0 Å². The summed E-state index contributed by atoms with van der Waals surface area (Å²) in [5, 5.41) is 19.6. The minimum absolute atomic E-state index is 0.0414. The molecule has 1 saturated heterocycles. The van der Waals surface area contributed by atoms with E-state index in [4.69, 9.17) is 15.6 Å². The van der Waals surface area contributed by atoms with E-state index in [-0.39, 0.29) is 30.3 Å². The van der Waals surface area contributed by atoms with E-state index in [9.17, 15) is 9.59 Å². The zero-order chi connectivity index (χ0) is 25.0. The molecule has 2 aromatic heterocycles. The summed E-state index contributed by atoms with van der Waals surface area (Å²) in [6, 6.07) is -0.0977. The lowest BCUT2D eigenvalue weighted by Gasteiger charge is -2.24. The van der Waals surface area contributed by atoms with E-state index in [2.05, 4.69) is 32.3 Å². The Morgan fingerprint density at radius 1 is 1.29 bits per heavy atom. The minimum atomic E-state index is -0.747. The first-order valence-corrected chi connectivity index (χ1v) is 11.0. The fourth-order valence-corrected chi connectivity index (χ4v) is 3.45. The molecule has 34 heavy (non-hydrogen) atoms. The standard InChI is InChI=1S/C22H32N8O4/c1-13(2)16-19(25-14-6-7-29(11-14)21(33)34-22(3,4)5)28-20(17(27-16)18(23)32)26-15-10-24-30(12-15)8-9-31/h10,12,14,31H,1,6-9,11H2,2-5H3,(H2,23,32)(H2,25,26,28)/t14-/m1/s1. The molecule has 0 unspecified atom stereocenters. The SMILES string of the molecule is C=C(C)c1nc(C(N)=O)c(Nc2cnn(CCO)c2)nc1N[C@@H]1CCN(C(=O)OC(C)(C)C)C1. The Bertz CT molecular complexity index is 1080. The molecular formula is C22H32N8O4. The van der Waals surface area contributed by atoms with E-state index in [1.165, 1.54) is 6.20 Å². The van der Waals surface area contributed by atoms with Crippen LogP contribution in [0.15, 0.2) is 19.0 Å². The number of nitrogens with zero attached hydrogens (tertiary/aromatic N) is 5. The molecule has 2 amide bonds. The van der Waals surface area contributed by atoms with Gasteiger partial charge in [-0.3, -0.25) is 9.48 Å². The van der Waals surface area contributed by atoms with E-state index in [0.29, 0.717) is 48.8 Å². The lowest BCUT2D eigenvalue weighted by Crippen LogP contribution is -2.36. The third-order valence-electron chi connectivity index (χ3n) is 4.94. The lowest BCUT2D eigenvalue weighted by atomic mass is 10.2.